The third kappa shape index (κ3) is 3.22. The van der Waals surface area contributed by atoms with Crippen LogP contribution in [0.15, 0.2) is 36.7 Å². The van der Waals surface area contributed by atoms with E-state index in [1.807, 2.05) is 13.9 Å². The topological polar surface area (TPSA) is 90.4 Å². The first kappa shape index (κ1) is 18.0. The molecular weight excluding hydrogens is 370 g/mol. The summed E-state index contributed by atoms with van der Waals surface area (Å²) in [5.41, 5.74) is 11.1. The number of hydrogen-bond acceptors (Lipinski definition) is 6. The van der Waals surface area contributed by atoms with Crippen molar-refractivity contribution in [1.29, 1.82) is 0 Å². The van der Waals surface area contributed by atoms with Crippen LogP contribution in [-0.2, 0) is 11.3 Å². The van der Waals surface area contributed by atoms with E-state index in [0.29, 0.717) is 30.7 Å². The molecule has 3 aromatic heterocycles. The summed E-state index contributed by atoms with van der Waals surface area (Å²) in [5.74, 6) is 0.263. The highest BCUT2D eigenvalue weighted by molar-refractivity contribution is 6.36. The summed E-state index contributed by atoms with van der Waals surface area (Å²) in [7, 11) is 1.95. The van der Waals surface area contributed by atoms with Crippen molar-refractivity contribution in [2.45, 2.75) is 19.0 Å². The third-order valence-corrected chi connectivity index (χ3v) is 5.47. The maximum absolute atomic E-state index is 13.6. The van der Waals surface area contributed by atoms with Crippen LogP contribution in [0.3, 0.4) is 0 Å². The molecular formula is C20H20BFN6O. The van der Waals surface area contributed by atoms with E-state index in [9.17, 15) is 4.39 Å². The molecule has 4 heterocycles. The number of anilines is 1. The molecule has 1 fully saturated rings. The van der Waals surface area contributed by atoms with Gasteiger partial charge < -0.3 is 15.8 Å². The van der Waals surface area contributed by atoms with Crippen molar-refractivity contribution in [3.8, 4) is 11.1 Å². The van der Waals surface area contributed by atoms with Gasteiger partial charge in [-0.05, 0) is 36.1 Å². The van der Waals surface area contributed by atoms with Gasteiger partial charge in [-0.2, -0.15) is 9.61 Å². The fraction of sp³-hybridized carbons (Fsp3) is 0.250. The normalized spacial score (nSPS) is 16.8. The lowest BCUT2D eigenvalue weighted by molar-refractivity contribution is 0.190. The molecule has 1 saturated heterocycles. The second-order valence-corrected chi connectivity index (χ2v) is 7.36. The number of pyridine rings is 1. The van der Waals surface area contributed by atoms with Crippen LogP contribution in [0.5, 0.6) is 0 Å². The zero-order chi connectivity index (χ0) is 20.0. The summed E-state index contributed by atoms with van der Waals surface area (Å²) in [5, 5.41) is 8.63. The number of fused-ring (bicyclic) bond motifs is 2. The van der Waals surface area contributed by atoms with Gasteiger partial charge in [-0.1, -0.05) is 0 Å². The molecule has 7 nitrogen and oxygen atoms in total. The quantitative estimate of drug-likeness (QED) is 0.501. The van der Waals surface area contributed by atoms with Gasteiger partial charge >= 0.3 is 0 Å². The lowest BCUT2D eigenvalue weighted by atomic mass is 9.94. The number of aromatic nitrogens is 4. The fourth-order valence-electron chi connectivity index (χ4n) is 3.71. The van der Waals surface area contributed by atoms with Gasteiger partial charge in [-0.15, -0.1) is 0 Å². The number of nitrogens with one attached hydrogen (secondary N) is 1. The molecule has 0 radical (unpaired) electrons. The summed E-state index contributed by atoms with van der Waals surface area (Å²) in [6.45, 7) is 2.11. The average molecular weight is 390 g/mol. The van der Waals surface area contributed by atoms with Gasteiger partial charge in [0.2, 0.25) is 0 Å². The maximum Gasteiger partial charge on any atom is 0.165 e. The second-order valence-electron chi connectivity index (χ2n) is 7.36. The average Bonchev–Trinajstić information content (AvgIpc) is 3.39. The first-order valence-electron chi connectivity index (χ1n) is 9.59. The number of nitrogens with zero attached hydrogens (tertiary/aromatic N) is 4. The van der Waals surface area contributed by atoms with Gasteiger partial charge in [0.1, 0.15) is 19.5 Å². The zero-order valence-electron chi connectivity index (χ0n) is 16.0. The lowest BCUT2D eigenvalue weighted by Gasteiger charge is -2.14. The van der Waals surface area contributed by atoms with Gasteiger partial charge in [-0.25, -0.2) is 9.37 Å². The molecule has 1 atom stereocenters. The van der Waals surface area contributed by atoms with Crippen LogP contribution in [0.4, 0.5) is 10.2 Å². The Bertz CT molecular complexity index is 1220. The minimum Gasteiger partial charge on any atom is -0.384 e. The second kappa shape index (κ2) is 7.09. The van der Waals surface area contributed by atoms with Crippen LogP contribution in [-0.4, -0.2) is 46.7 Å². The van der Waals surface area contributed by atoms with Crippen molar-refractivity contribution in [3.63, 3.8) is 0 Å². The van der Waals surface area contributed by atoms with E-state index < -0.39 is 0 Å². The summed E-state index contributed by atoms with van der Waals surface area (Å²) in [6, 6.07) is 6.78. The summed E-state index contributed by atoms with van der Waals surface area (Å²) in [4.78, 5) is 9.29. The molecule has 1 aromatic carbocycles. The van der Waals surface area contributed by atoms with E-state index in [1.54, 1.807) is 23.0 Å². The summed E-state index contributed by atoms with van der Waals surface area (Å²) >= 11 is 0. The molecule has 0 spiro atoms. The van der Waals surface area contributed by atoms with Gasteiger partial charge in [0.15, 0.2) is 5.65 Å². The van der Waals surface area contributed by atoms with Gasteiger partial charge in [-0.3, -0.25) is 4.98 Å². The Hall–Kier alpha value is -3.04. The minimum atomic E-state index is -0.293. The van der Waals surface area contributed by atoms with Crippen molar-refractivity contribution in [3.05, 3.63) is 48.2 Å². The first-order valence-corrected chi connectivity index (χ1v) is 9.59. The number of nitrogen functional groups attached to an aromatic ring is 1. The van der Waals surface area contributed by atoms with Crippen LogP contribution in [0.25, 0.3) is 27.7 Å². The first-order chi connectivity index (χ1) is 14.1. The highest BCUT2D eigenvalue weighted by atomic mass is 19.1. The Morgan fingerprint density at radius 2 is 2.21 bits per heavy atom. The Balaban J connectivity index is 1.57. The molecule has 146 valence electrons. The largest absolute Gasteiger partial charge is 0.384 e. The summed E-state index contributed by atoms with van der Waals surface area (Å²) in [6.07, 6.45) is 4.47. The van der Waals surface area contributed by atoms with Crippen LogP contribution in [0.2, 0.25) is 0 Å². The Labute approximate surface area is 167 Å². The predicted molar refractivity (Wildman–Crippen MR) is 112 cm³/mol. The highest BCUT2D eigenvalue weighted by Gasteiger charge is 2.18. The number of rotatable bonds is 4. The molecule has 1 aliphatic rings. The van der Waals surface area contributed by atoms with E-state index >= 15 is 0 Å². The predicted octanol–water partition coefficient (Wildman–Crippen LogP) is 0.803. The summed E-state index contributed by atoms with van der Waals surface area (Å²) < 4.78 is 20.7. The molecule has 0 bridgehead atoms. The van der Waals surface area contributed by atoms with Crippen molar-refractivity contribution in [2.24, 2.45) is 0 Å². The number of benzene rings is 1. The van der Waals surface area contributed by atoms with Crippen molar-refractivity contribution in [2.75, 3.05) is 18.9 Å². The molecule has 29 heavy (non-hydrogen) atoms. The third-order valence-electron chi connectivity index (χ3n) is 5.47. The fourth-order valence-corrected chi connectivity index (χ4v) is 3.71. The Morgan fingerprint density at radius 3 is 3.03 bits per heavy atom. The van der Waals surface area contributed by atoms with E-state index in [4.69, 9.17) is 15.5 Å². The monoisotopic (exact) mass is 390 g/mol. The highest BCUT2D eigenvalue weighted by Crippen LogP contribution is 2.27. The van der Waals surface area contributed by atoms with Gasteiger partial charge in [0.05, 0.1) is 24.0 Å². The SMILES string of the molecule is Bc1c(CN[C@@H]2CCOC2)nc2c(-c3cnc4ccc(F)cc4c3)cnn2c1N. The van der Waals surface area contributed by atoms with Crippen LogP contribution < -0.4 is 16.5 Å². The molecule has 4 aromatic rings. The van der Waals surface area contributed by atoms with Crippen LogP contribution in [0.1, 0.15) is 12.1 Å². The van der Waals surface area contributed by atoms with Gasteiger partial charge in [0, 0.05) is 41.9 Å². The molecule has 0 amide bonds. The van der Waals surface area contributed by atoms with Crippen molar-refractivity contribution in [1.82, 2.24) is 24.9 Å². The molecule has 9 heteroatoms. The number of halogens is 1. The molecule has 1 aliphatic heterocycles. The van der Waals surface area contributed by atoms with E-state index in [0.717, 1.165) is 46.2 Å². The Morgan fingerprint density at radius 1 is 1.31 bits per heavy atom. The van der Waals surface area contributed by atoms with Crippen LogP contribution >= 0.6 is 0 Å². The van der Waals surface area contributed by atoms with Crippen molar-refractivity contribution >= 4 is 35.7 Å². The zero-order valence-corrected chi connectivity index (χ0v) is 16.0. The smallest absolute Gasteiger partial charge is 0.165 e. The van der Waals surface area contributed by atoms with Crippen LogP contribution in [0, 0.1) is 5.82 Å². The van der Waals surface area contributed by atoms with Crippen molar-refractivity contribution < 1.29 is 9.13 Å². The lowest BCUT2D eigenvalue weighted by Crippen LogP contribution is -2.32. The van der Waals surface area contributed by atoms with E-state index in [2.05, 4.69) is 15.4 Å². The number of ether oxygens (including phenoxy) is 1. The molecule has 5 rings (SSSR count). The maximum atomic E-state index is 13.6. The van der Waals surface area contributed by atoms with E-state index in [-0.39, 0.29) is 5.82 Å². The van der Waals surface area contributed by atoms with E-state index in [1.165, 1.54) is 12.1 Å². The number of hydrogen-bond donors (Lipinski definition) is 2. The standard InChI is InChI=1S/C20H20BFN6O/c21-18-17(9-24-14-3-4-29-10-14)27-20-15(8-26-28(20)19(18)23)12-5-11-6-13(22)1-2-16(11)25-7-12/h1-2,5-8,14,24H,3-4,9-10,21,23H2/t14-/m1/s1. The molecule has 0 unspecified atom stereocenters. The number of nitrogens with two attached hydrogens (primary N) is 1. The Kier molecular flexibility index (Phi) is 4.41. The minimum absolute atomic E-state index is 0.293. The molecule has 3 N–H and O–H groups in total. The molecule has 0 saturated carbocycles. The molecule has 0 aliphatic carbocycles. The van der Waals surface area contributed by atoms with Gasteiger partial charge in [0.25, 0.3) is 0 Å².